The SMILES string of the molecule is CC1=Cc2c(-c3ccccc3)cccc2[CH]1[Zr]([CH3])([CH3])(=[SiH2])([Cl])([CH2]c1ccccc1)[CH]1C(C)=Cc2c(-c3ccccc3)cccc21. The minimum absolute atomic E-state index is 0.116. The van der Waals surface area contributed by atoms with Gasteiger partial charge in [-0.25, -0.2) is 0 Å². The zero-order valence-electron chi connectivity index (χ0n) is 26.2. The maximum atomic E-state index is 9.22. The average molecular weight is 689 g/mol. The van der Waals surface area contributed by atoms with Gasteiger partial charge in [0.1, 0.15) is 0 Å². The van der Waals surface area contributed by atoms with Crippen LogP contribution in [0.15, 0.2) is 139 Å². The number of halogens is 1. The van der Waals surface area contributed by atoms with Crippen molar-refractivity contribution in [1.82, 2.24) is 0 Å². The van der Waals surface area contributed by atoms with Gasteiger partial charge in [-0.05, 0) is 0 Å². The molecule has 2 atom stereocenters. The van der Waals surface area contributed by atoms with Gasteiger partial charge >= 0.3 is 264 Å². The molecule has 0 heterocycles. The molecule has 2 aliphatic carbocycles. The van der Waals surface area contributed by atoms with Gasteiger partial charge in [-0.1, -0.05) is 0 Å². The van der Waals surface area contributed by atoms with Crippen molar-refractivity contribution in [3.63, 3.8) is 0 Å². The number of hydrogen-bond donors (Lipinski definition) is 0. The molecule has 0 radical (unpaired) electrons. The molecule has 0 N–H and O–H groups in total. The summed E-state index contributed by atoms with van der Waals surface area (Å²) in [7, 11) is 9.22. The molecule has 0 bridgehead atoms. The Balaban J connectivity index is 1.55. The van der Waals surface area contributed by atoms with Crippen LogP contribution in [0.25, 0.3) is 34.4 Å². The second-order valence-electron chi connectivity index (χ2n) is 15.8. The first kappa shape index (κ1) is 29.7. The monoisotopic (exact) mass is 686 g/mol. The van der Waals surface area contributed by atoms with E-state index in [9.17, 15) is 8.51 Å². The molecule has 220 valence electrons. The number of allylic oxidation sites excluding steroid dienone is 2. The summed E-state index contributed by atoms with van der Waals surface area (Å²) in [5.74, 6) is 0. The van der Waals surface area contributed by atoms with Crippen molar-refractivity contribution in [2.24, 2.45) is 0 Å². The summed E-state index contributed by atoms with van der Waals surface area (Å²) in [6.07, 6.45) is 4.91. The molecule has 44 heavy (non-hydrogen) atoms. The molecule has 0 amide bonds. The molecule has 5 aromatic carbocycles. The van der Waals surface area contributed by atoms with Crippen molar-refractivity contribution < 1.29 is 13.2 Å². The molecular formula is C41H41ClSiZr. The van der Waals surface area contributed by atoms with Crippen molar-refractivity contribution in [3.05, 3.63) is 166 Å². The van der Waals surface area contributed by atoms with Crippen LogP contribution in [0.2, 0.25) is 9.26 Å². The van der Waals surface area contributed by atoms with Crippen LogP contribution in [0, 0.1) is 0 Å². The van der Waals surface area contributed by atoms with E-state index in [0.717, 1.165) is 4.13 Å². The molecule has 7 rings (SSSR count). The van der Waals surface area contributed by atoms with Crippen LogP contribution in [0.5, 0.6) is 0 Å². The summed E-state index contributed by atoms with van der Waals surface area (Å²) >= 11 is -5.68. The van der Waals surface area contributed by atoms with Crippen molar-refractivity contribution in [1.29, 1.82) is 0 Å². The Hall–Kier alpha value is -3.03. The third kappa shape index (κ3) is 4.40. The predicted octanol–water partition coefficient (Wildman–Crippen LogP) is 11.4. The van der Waals surface area contributed by atoms with Gasteiger partial charge in [0.2, 0.25) is 0 Å². The van der Waals surface area contributed by atoms with Gasteiger partial charge in [0.15, 0.2) is 0 Å². The van der Waals surface area contributed by atoms with E-state index in [1.165, 1.54) is 61.2 Å². The van der Waals surface area contributed by atoms with E-state index in [1.54, 1.807) is 0 Å². The molecule has 0 aromatic heterocycles. The van der Waals surface area contributed by atoms with Crippen LogP contribution in [0.4, 0.5) is 0 Å². The second kappa shape index (κ2) is 9.26. The third-order valence-corrected chi connectivity index (χ3v) is 41.6. The fourth-order valence-electron chi connectivity index (χ4n) is 10.0. The van der Waals surface area contributed by atoms with Crippen molar-refractivity contribution in [2.75, 3.05) is 0 Å². The fourth-order valence-corrected chi connectivity index (χ4v) is 47.2. The molecule has 0 aliphatic heterocycles. The molecule has 0 saturated carbocycles. The van der Waals surface area contributed by atoms with Gasteiger partial charge in [-0.2, -0.15) is 0 Å². The summed E-state index contributed by atoms with van der Waals surface area (Å²) in [6, 6.07) is 46.5. The third-order valence-electron chi connectivity index (χ3n) is 11.0. The quantitative estimate of drug-likeness (QED) is 0.156. The topological polar surface area (TPSA) is 0 Å². The Kier molecular flexibility index (Phi) is 6.24. The average Bonchev–Trinajstić information content (AvgIpc) is 3.55. The van der Waals surface area contributed by atoms with Gasteiger partial charge in [-0.15, -0.1) is 0 Å². The Bertz CT molecular complexity index is 2010. The van der Waals surface area contributed by atoms with Crippen LogP contribution >= 0.6 is 8.51 Å². The normalized spacial score (nSPS) is 19.9. The van der Waals surface area contributed by atoms with E-state index in [1.807, 2.05) is 0 Å². The van der Waals surface area contributed by atoms with E-state index in [-0.39, 0.29) is 7.25 Å². The van der Waals surface area contributed by atoms with Crippen LogP contribution in [0.1, 0.15) is 48.9 Å². The first-order valence-electron chi connectivity index (χ1n) is 15.9. The van der Waals surface area contributed by atoms with Crippen molar-refractivity contribution in [2.45, 2.75) is 34.5 Å². The molecule has 0 fully saturated rings. The first-order chi connectivity index (χ1) is 20.8. The standard InChI is InChI=1S/2C16H13.C7H7.2CH3.ClH.H2Si.Zr/c2*1-12-10-14-8-5-9-15(16(14)11-12)13-6-3-2-4-7-13;1-7-5-3-2-4-6-7;;;;;/h2*2-11H,1H3;2-6H,1H2;2*1H3;1H;1H2;/q;;;;;;;+1/p-1. The van der Waals surface area contributed by atoms with Crippen molar-refractivity contribution >= 4 is 27.5 Å². The number of fused-ring (bicyclic) bond motifs is 2. The van der Waals surface area contributed by atoms with Gasteiger partial charge in [0.25, 0.3) is 0 Å². The fraction of sp³-hybridized carbons (Fsp3) is 0.171. The summed E-state index contributed by atoms with van der Waals surface area (Å²) in [4.78, 5) is 0. The Morgan fingerprint density at radius 1 is 0.545 bits per heavy atom. The Labute approximate surface area is 262 Å². The van der Waals surface area contributed by atoms with Crippen LogP contribution in [-0.4, -0.2) is 6.88 Å². The Morgan fingerprint density at radius 3 is 1.34 bits per heavy atom. The number of hydrogen-bond acceptors (Lipinski definition) is 0. The van der Waals surface area contributed by atoms with E-state index in [0.29, 0.717) is 0 Å². The van der Waals surface area contributed by atoms with Gasteiger partial charge in [0, 0.05) is 0 Å². The van der Waals surface area contributed by atoms with Crippen LogP contribution in [-0.2, 0) is 17.4 Å². The molecule has 3 heteroatoms. The van der Waals surface area contributed by atoms with Gasteiger partial charge < -0.3 is 0 Å². The second-order valence-corrected chi connectivity index (χ2v) is 76.0. The molecule has 2 unspecified atom stereocenters. The maximum absolute atomic E-state index is 9.22. The number of rotatable bonds is 6. The molecule has 0 spiro atoms. The Morgan fingerprint density at radius 2 is 0.932 bits per heavy atom. The minimum atomic E-state index is -5.68. The predicted molar refractivity (Wildman–Crippen MR) is 193 cm³/mol. The summed E-state index contributed by atoms with van der Waals surface area (Å²) < 4.78 is 6.27. The zero-order valence-corrected chi connectivity index (χ0v) is 30.9. The van der Waals surface area contributed by atoms with E-state index >= 15 is 0 Å². The number of benzene rings is 5. The van der Waals surface area contributed by atoms with Crippen molar-refractivity contribution in [3.8, 4) is 22.3 Å². The van der Waals surface area contributed by atoms with Gasteiger partial charge in [-0.3, -0.25) is 0 Å². The van der Waals surface area contributed by atoms with E-state index in [4.69, 9.17) is 0 Å². The molecular weight excluding hydrogens is 647 g/mol. The van der Waals surface area contributed by atoms with Crippen LogP contribution in [0.3, 0.4) is 0 Å². The van der Waals surface area contributed by atoms with Gasteiger partial charge in [0.05, 0.1) is 0 Å². The molecule has 0 nitrogen and oxygen atoms in total. The summed E-state index contributed by atoms with van der Waals surface area (Å²) in [6.45, 7) is 6.92. The summed E-state index contributed by atoms with van der Waals surface area (Å²) in [5, 5.41) is 0. The molecule has 0 saturated heterocycles. The van der Waals surface area contributed by atoms with E-state index in [2.05, 4.69) is 170 Å². The first-order valence-corrected chi connectivity index (χ1v) is 34.4. The summed E-state index contributed by atoms with van der Waals surface area (Å²) in [5.41, 5.74) is 14.6. The molecule has 5 aromatic rings. The zero-order chi connectivity index (χ0) is 30.9. The van der Waals surface area contributed by atoms with Crippen LogP contribution < -0.4 is 0 Å². The molecule has 2 aliphatic rings. The van der Waals surface area contributed by atoms with E-state index < -0.39 is 13.2 Å².